The number of anilines is 1. The molecule has 0 saturated carbocycles. The molecule has 1 aliphatic rings. The number of fused-ring (bicyclic) bond motifs is 2. The number of rotatable bonds is 5. The van der Waals surface area contributed by atoms with Gasteiger partial charge in [0.2, 0.25) is 0 Å². The molecule has 3 aromatic rings. The monoisotopic (exact) mass is 363 g/mol. The Labute approximate surface area is 157 Å². The Morgan fingerprint density at radius 3 is 2.37 bits per heavy atom. The zero-order chi connectivity index (χ0) is 19.0. The first-order valence-corrected chi connectivity index (χ1v) is 8.89. The zero-order valence-corrected chi connectivity index (χ0v) is 15.6. The third-order valence-electron chi connectivity index (χ3n) is 4.84. The lowest BCUT2D eigenvalue weighted by Crippen LogP contribution is -2.00. The van der Waals surface area contributed by atoms with Gasteiger partial charge in [-0.3, -0.25) is 0 Å². The van der Waals surface area contributed by atoms with Crippen LogP contribution < -0.4 is 14.8 Å². The molecule has 1 aliphatic heterocycles. The Morgan fingerprint density at radius 2 is 1.70 bits per heavy atom. The van der Waals surface area contributed by atoms with Gasteiger partial charge in [0.15, 0.2) is 11.5 Å². The number of carbonyl (C=O) groups excluding carboxylic acids is 1. The average Bonchev–Trinajstić information content (AvgIpc) is 3.06. The van der Waals surface area contributed by atoms with Crippen molar-refractivity contribution in [3.63, 3.8) is 0 Å². The highest BCUT2D eigenvalue weighted by Crippen LogP contribution is 2.42. The third-order valence-corrected chi connectivity index (χ3v) is 4.84. The van der Waals surface area contributed by atoms with Crippen LogP contribution in [0.1, 0.15) is 22.8 Å². The maximum absolute atomic E-state index is 12.5. The van der Waals surface area contributed by atoms with E-state index in [9.17, 15) is 4.79 Å². The van der Waals surface area contributed by atoms with Gasteiger partial charge in [-0.2, -0.15) is 0 Å². The first kappa shape index (κ1) is 17.2. The largest absolute Gasteiger partial charge is 0.493 e. The molecular formula is C22H21NO4. The van der Waals surface area contributed by atoms with E-state index in [1.165, 1.54) is 0 Å². The van der Waals surface area contributed by atoms with E-state index in [0.717, 1.165) is 39.7 Å². The second-order valence-corrected chi connectivity index (χ2v) is 6.40. The Kier molecular flexibility index (Phi) is 4.36. The predicted octanol–water partition coefficient (Wildman–Crippen LogP) is 4.63. The molecule has 0 unspecified atom stereocenters. The van der Waals surface area contributed by atoms with E-state index in [2.05, 4.69) is 12.2 Å². The second-order valence-electron chi connectivity index (χ2n) is 6.40. The summed E-state index contributed by atoms with van der Waals surface area (Å²) in [6, 6.07) is 13.9. The van der Waals surface area contributed by atoms with Crippen molar-refractivity contribution in [1.82, 2.24) is 0 Å². The topological polar surface area (TPSA) is 56.8 Å². The van der Waals surface area contributed by atoms with Crippen molar-refractivity contribution in [2.24, 2.45) is 0 Å². The lowest BCUT2D eigenvalue weighted by atomic mass is 9.90. The summed E-state index contributed by atoms with van der Waals surface area (Å²) in [4.78, 5) is 12.5. The molecule has 5 nitrogen and oxygen atoms in total. The van der Waals surface area contributed by atoms with Gasteiger partial charge in [0.1, 0.15) is 6.61 Å². The van der Waals surface area contributed by atoms with Crippen LogP contribution >= 0.6 is 0 Å². The Balaban J connectivity index is 2.01. The summed E-state index contributed by atoms with van der Waals surface area (Å²) < 4.78 is 16.2. The van der Waals surface area contributed by atoms with Gasteiger partial charge < -0.3 is 19.5 Å². The Bertz CT molecular complexity index is 1020. The van der Waals surface area contributed by atoms with Gasteiger partial charge in [-0.05, 0) is 53.6 Å². The molecule has 0 saturated heterocycles. The number of carbonyl (C=O) groups is 1. The Hall–Kier alpha value is -3.21. The number of hydrogen-bond donors (Lipinski definition) is 1. The van der Waals surface area contributed by atoms with Crippen LogP contribution in [0.5, 0.6) is 11.5 Å². The summed E-state index contributed by atoms with van der Waals surface area (Å²) in [5.74, 6) is 0.998. The molecule has 0 fully saturated rings. The summed E-state index contributed by atoms with van der Waals surface area (Å²) in [6.07, 6.45) is 0. The van der Waals surface area contributed by atoms with Crippen molar-refractivity contribution in [3.05, 3.63) is 53.6 Å². The summed E-state index contributed by atoms with van der Waals surface area (Å²) >= 11 is 0. The maximum atomic E-state index is 12.5. The molecule has 0 atom stereocenters. The number of nitrogens with one attached hydrogen (secondary N) is 1. The van der Waals surface area contributed by atoms with Gasteiger partial charge >= 0.3 is 5.97 Å². The maximum Gasteiger partial charge on any atom is 0.339 e. The fraction of sp³-hybridized carbons (Fsp3) is 0.227. The van der Waals surface area contributed by atoms with Crippen LogP contribution in [-0.2, 0) is 11.3 Å². The molecular weight excluding hydrogens is 342 g/mol. The van der Waals surface area contributed by atoms with E-state index in [1.54, 1.807) is 14.2 Å². The molecule has 1 heterocycles. The van der Waals surface area contributed by atoms with E-state index >= 15 is 0 Å². The van der Waals surface area contributed by atoms with Gasteiger partial charge in [0, 0.05) is 23.4 Å². The lowest BCUT2D eigenvalue weighted by molar-refractivity contribution is 0.0535. The van der Waals surface area contributed by atoms with Crippen molar-refractivity contribution in [2.45, 2.75) is 13.5 Å². The number of cyclic esters (lactones) is 1. The molecule has 3 aromatic carbocycles. The normalized spacial score (nSPS) is 12.6. The van der Waals surface area contributed by atoms with E-state index < -0.39 is 0 Å². The minimum atomic E-state index is -0.285. The quantitative estimate of drug-likeness (QED) is 0.670. The molecule has 138 valence electrons. The first-order chi connectivity index (χ1) is 13.2. The summed E-state index contributed by atoms with van der Waals surface area (Å²) in [6.45, 7) is 3.20. The second kappa shape index (κ2) is 6.83. The van der Waals surface area contributed by atoms with Gasteiger partial charge in [0.25, 0.3) is 0 Å². The molecule has 0 bridgehead atoms. The molecule has 0 aromatic heterocycles. The van der Waals surface area contributed by atoms with Crippen LogP contribution in [0.25, 0.3) is 21.9 Å². The fourth-order valence-corrected chi connectivity index (χ4v) is 3.61. The average molecular weight is 363 g/mol. The van der Waals surface area contributed by atoms with Crippen LogP contribution in [0, 0.1) is 0 Å². The molecule has 27 heavy (non-hydrogen) atoms. The standard InChI is InChI=1S/C22H21NO4/c1-4-23-16-7-5-13(6-8-16)20-17-11-19(26-3)18(25-2)10-14(17)9-15-12-27-22(24)21(15)20/h5-11,23H,4,12H2,1-3H3. The fourth-order valence-electron chi connectivity index (χ4n) is 3.61. The van der Waals surface area contributed by atoms with E-state index in [0.29, 0.717) is 23.7 Å². The van der Waals surface area contributed by atoms with Crippen LogP contribution in [0.4, 0.5) is 5.69 Å². The van der Waals surface area contributed by atoms with Gasteiger partial charge in [-0.15, -0.1) is 0 Å². The summed E-state index contributed by atoms with van der Waals surface area (Å²) in [5, 5.41) is 5.20. The lowest BCUT2D eigenvalue weighted by Gasteiger charge is -2.15. The van der Waals surface area contributed by atoms with E-state index in [-0.39, 0.29) is 5.97 Å². The summed E-state index contributed by atoms with van der Waals surface area (Å²) in [7, 11) is 3.22. The number of ether oxygens (including phenoxy) is 3. The molecule has 0 aliphatic carbocycles. The number of methoxy groups -OCH3 is 2. The molecule has 4 rings (SSSR count). The molecule has 0 amide bonds. The molecule has 5 heteroatoms. The van der Waals surface area contributed by atoms with Crippen molar-refractivity contribution in [1.29, 1.82) is 0 Å². The first-order valence-electron chi connectivity index (χ1n) is 8.89. The number of hydrogen-bond acceptors (Lipinski definition) is 5. The van der Waals surface area contributed by atoms with Gasteiger partial charge in [0.05, 0.1) is 19.8 Å². The van der Waals surface area contributed by atoms with Crippen molar-refractivity contribution < 1.29 is 19.0 Å². The highest BCUT2D eigenvalue weighted by Gasteiger charge is 2.28. The zero-order valence-electron chi connectivity index (χ0n) is 15.6. The molecule has 0 radical (unpaired) electrons. The van der Waals surface area contributed by atoms with Gasteiger partial charge in [-0.25, -0.2) is 4.79 Å². The number of esters is 1. The van der Waals surface area contributed by atoms with Crippen LogP contribution in [0.2, 0.25) is 0 Å². The molecule has 1 N–H and O–H groups in total. The van der Waals surface area contributed by atoms with Crippen molar-refractivity contribution in [3.8, 4) is 22.6 Å². The SMILES string of the molecule is CCNc1ccc(-c2c3c(cc4cc(OC)c(OC)cc24)COC3=O)cc1. The summed E-state index contributed by atoms with van der Waals surface area (Å²) in [5.41, 5.74) is 4.40. The molecule has 0 spiro atoms. The van der Waals surface area contributed by atoms with E-state index in [4.69, 9.17) is 14.2 Å². The minimum absolute atomic E-state index is 0.285. The highest BCUT2D eigenvalue weighted by atomic mass is 16.5. The Morgan fingerprint density at radius 1 is 1.00 bits per heavy atom. The van der Waals surface area contributed by atoms with Crippen LogP contribution in [0.3, 0.4) is 0 Å². The highest BCUT2D eigenvalue weighted by molar-refractivity contribution is 6.11. The van der Waals surface area contributed by atoms with Crippen molar-refractivity contribution >= 4 is 22.4 Å². The van der Waals surface area contributed by atoms with Gasteiger partial charge in [-0.1, -0.05) is 12.1 Å². The van der Waals surface area contributed by atoms with Crippen LogP contribution in [-0.4, -0.2) is 26.7 Å². The number of benzene rings is 3. The minimum Gasteiger partial charge on any atom is -0.493 e. The van der Waals surface area contributed by atoms with E-state index in [1.807, 2.05) is 42.5 Å². The third kappa shape index (κ3) is 2.85. The van der Waals surface area contributed by atoms with Crippen molar-refractivity contribution in [2.75, 3.05) is 26.1 Å². The van der Waals surface area contributed by atoms with Crippen LogP contribution in [0.15, 0.2) is 42.5 Å². The smallest absolute Gasteiger partial charge is 0.339 e. The predicted molar refractivity (Wildman–Crippen MR) is 106 cm³/mol.